The summed E-state index contributed by atoms with van der Waals surface area (Å²) in [7, 11) is -18.0. The number of allylic oxidation sites excluding steroid dienone is 4. The van der Waals surface area contributed by atoms with E-state index in [0.29, 0.717) is 93.2 Å². The summed E-state index contributed by atoms with van der Waals surface area (Å²) in [5.74, 6) is -0.979. The minimum absolute atomic E-state index is 0.00477. The molecule has 0 amide bonds. The van der Waals surface area contributed by atoms with Gasteiger partial charge in [0.05, 0.1) is 111 Å². The van der Waals surface area contributed by atoms with Crippen LogP contribution in [0.3, 0.4) is 0 Å². The van der Waals surface area contributed by atoms with Crippen LogP contribution in [0.15, 0.2) is 92.0 Å². The van der Waals surface area contributed by atoms with Gasteiger partial charge in [0, 0.05) is 80.1 Å². The molecule has 2 aliphatic rings. The largest absolute Gasteiger partial charge is 0.744 e. The van der Waals surface area contributed by atoms with Crippen molar-refractivity contribution < 1.29 is 104 Å². The number of nitrogens with zero attached hydrogens (tertiary/aromatic N) is 2. The van der Waals surface area contributed by atoms with E-state index in [1.807, 2.05) is 11.5 Å². The van der Waals surface area contributed by atoms with Crippen LogP contribution in [-0.2, 0) is 94.0 Å². The number of fused-ring (bicyclic) bond motifs is 6. The molecule has 0 radical (unpaired) electrons. The maximum atomic E-state index is 13.2. The van der Waals surface area contributed by atoms with Crippen molar-refractivity contribution >= 4 is 85.1 Å². The van der Waals surface area contributed by atoms with E-state index in [9.17, 15) is 61.8 Å². The third-order valence-electron chi connectivity index (χ3n) is 14.1. The number of carboxylic acid groups (broad SMARTS) is 1. The molecule has 0 saturated heterocycles. The van der Waals surface area contributed by atoms with Crippen molar-refractivity contribution in [3.63, 3.8) is 0 Å². The van der Waals surface area contributed by atoms with Crippen LogP contribution in [0.4, 0.5) is 11.4 Å². The van der Waals surface area contributed by atoms with Crippen molar-refractivity contribution in [2.75, 3.05) is 125 Å². The molecule has 1 unspecified atom stereocenters. The van der Waals surface area contributed by atoms with Gasteiger partial charge < -0.3 is 66.1 Å². The fourth-order valence-electron chi connectivity index (χ4n) is 10.3. The fraction of sp³-hybridized carbons (Fsp3) is 0.519. The molecule has 0 bridgehead atoms. The summed E-state index contributed by atoms with van der Waals surface area (Å²) in [5, 5.41) is 9.08. The van der Waals surface area contributed by atoms with Crippen molar-refractivity contribution in [1.29, 1.82) is 0 Å². The number of aliphatic carboxylic acids is 1. The highest BCUT2D eigenvalue weighted by molar-refractivity contribution is 7.87. The third-order valence-corrected chi connectivity index (χ3v) is 17.5. The average Bonchev–Trinajstić information content (AvgIpc) is 3.34. The minimum Gasteiger partial charge on any atom is -0.744 e. The summed E-state index contributed by atoms with van der Waals surface area (Å²) in [6.45, 7) is 9.04. The van der Waals surface area contributed by atoms with Gasteiger partial charge in [0.15, 0.2) is 5.71 Å². The summed E-state index contributed by atoms with van der Waals surface area (Å²) in [6, 6.07) is 8.82. The summed E-state index contributed by atoms with van der Waals surface area (Å²) >= 11 is 0. The van der Waals surface area contributed by atoms with E-state index in [-0.39, 0.29) is 106 Å². The molecule has 0 aliphatic carbocycles. The van der Waals surface area contributed by atoms with E-state index in [1.165, 1.54) is 12.1 Å². The number of carbonyl (C=O) groups is 1. The van der Waals surface area contributed by atoms with Gasteiger partial charge in [0.2, 0.25) is 5.69 Å². The summed E-state index contributed by atoms with van der Waals surface area (Å²) in [5.41, 5.74) is -0.0211. The van der Waals surface area contributed by atoms with Crippen molar-refractivity contribution in [2.24, 2.45) is 0 Å². The Morgan fingerprint density at radius 1 is 0.573 bits per heavy atom. The maximum absolute atomic E-state index is 13.2. The maximum Gasteiger partial charge on any atom is 0.303 e. The van der Waals surface area contributed by atoms with E-state index in [2.05, 4.69) is 0 Å². The standard InChI is InChI=1S/C54H72N2O22S4/c1-53(2)48(55(18-8-6-7-12-50(57)58)44-16-15-41-42(51(44)53)35-39(80(62,63)64)36-46(41)81(65,66)67)10-9-11-49-54(3,17-20-73-26-28-77-32-30-75-24-22-71-4)52-43-34-38(79(59,60)61)13-14-40(43)47(82(68,69)70)37-45(52)56(49)19-21-74-27-29-78-33-31-76-25-23-72-5/h9-11,13-16,34-37H,6-8,12,17-33H2,1-5H3,(H4-,57,58,59,60,61,62,63,64,65,66,67,68,69,70)/p-3. The normalized spacial score (nSPS) is 17.1. The molecule has 1 atom stereocenters. The quantitative estimate of drug-likeness (QED) is 0.0368. The first-order valence-electron chi connectivity index (χ1n) is 26.2. The van der Waals surface area contributed by atoms with Crippen LogP contribution >= 0.6 is 0 Å². The Kier molecular flexibility index (Phi) is 23.3. The molecule has 4 aromatic rings. The second kappa shape index (κ2) is 28.8. The van der Waals surface area contributed by atoms with Crippen molar-refractivity contribution in [3.05, 3.63) is 83.6 Å². The molecule has 0 spiro atoms. The Bertz CT molecular complexity index is 3490. The van der Waals surface area contributed by atoms with E-state index >= 15 is 0 Å². The molecule has 28 heteroatoms. The lowest BCUT2D eigenvalue weighted by Gasteiger charge is -2.31. The number of carboxylic acids is 1. The lowest BCUT2D eigenvalue weighted by Crippen LogP contribution is -2.32. The Morgan fingerprint density at radius 2 is 1.06 bits per heavy atom. The Labute approximate surface area is 478 Å². The van der Waals surface area contributed by atoms with E-state index in [1.54, 1.807) is 57.3 Å². The molecule has 82 heavy (non-hydrogen) atoms. The van der Waals surface area contributed by atoms with E-state index in [0.717, 1.165) is 24.3 Å². The summed E-state index contributed by atoms with van der Waals surface area (Å²) in [4.78, 5) is 9.93. The molecule has 24 nitrogen and oxygen atoms in total. The van der Waals surface area contributed by atoms with Crippen LogP contribution in [0.1, 0.15) is 64.0 Å². The SMILES string of the molecule is COCCOCCOCCOCCN1C(=CC=CC2=[N+](CCCCCC(=O)O)c3ccc4c(S(=O)(=O)[O-])cc(S(=O)(=O)[O-])cc4c3C2(C)C)C(C)(CCOCCOCCOCCOC)c2c1cc(S(=O)(=O)[O-])c1ccc(S(=O)(=O)[O-])cc21. The van der Waals surface area contributed by atoms with Gasteiger partial charge in [-0.15, -0.1) is 0 Å². The molecule has 2 aliphatic heterocycles. The van der Waals surface area contributed by atoms with Gasteiger partial charge in [-0.25, -0.2) is 33.7 Å². The lowest BCUT2D eigenvalue weighted by molar-refractivity contribution is -0.438. The highest BCUT2D eigenvalue weighted by atomic mass is 32.2. The van der Waals surface area contributed by atoms with Gasteiger partial charge in [-0.3, -0.25) is 4.79 Å². The van der Waals surface area contributed by atoms with Crippen molar-refractivity contribution in [3.8, 4) is 0 Å². The first kappa shape index (κ1) is 66.3. The average molecular weight is 1230 g/mol. The van der Waals surface area contributed by atoms with Gasteiger partial charge in [-0.05, 0) is 104 Å². The lowest BCUT2D eigenvalue weighted by atomic mass is 9.76. The number of benzene rings is 4. The molecule has 0 fully saturated rings. The molecule has 1 N–H and O–H groups in total. The van der Waals surface area contributed by atoms with E-state index < -0.39 is 76.9 Å². The zero-order valence-corrected chi connectivity index (χ0v) is 49.5. The second-order valence-electron chi connectivity index (χ2n) is 19.9. The van der Waals surface area contributed by atoms with Crippen LogP contribution in [0.5, 0.6) is 0 Å². The molecule has 0 saturated carbocycles. The van der Waals surface area contributed by atoms with Gasteiger partial charge in [-0.2, -0.15) is 4.58 Å². The highest BCUT2D eigenvalue weighted by Gasteiger charge is 2.47. The highest BCUT2D eigenvalue weighted by Crippen LogP contribution is 2.54. The number of rotatable bonds is 36. The molecular weight excluding hydrogens is 1160 g/mol. The zero-order chi connectivity index (χ0) is 60.1. The third kappa shape index (κ3) is 16.5. The Hall–Kier alpha value is -4.86. The van der Waals surface area contributed by atoms with Crippen LogP contribution in [0.2, 0.25) is 0 Å². The molecule has 454 valence electrons. The molecule has 4 aromatic carbocycles. The van der Waals surface area contributed by atoms with Crippen LogP contribution in [0.25, 0.3) is 21.5 Å². The molecule has 0 aromatic heterocycles. The molecular formula is C54H69N2O22S4-3. The fourth-order valence-corrected chi connectivity index (χ4v) is 12.8. The first-order chi connectivity index (χ1) is 38.7. The second-order valence-corrected chi connectivity index (χ2v) is 25.4. The van der Waals surface area contributed by atoms with Crippen LogP contribution in [0, 0.1) is 0 Å². The Morgan fingerprint density at radius 3 is 1.59 bits per heavy atom. The number of unbranched alkanes of at least 4 members (excludes halogenated alkanes) is 2. The van der Waals surface area contributed by atoms with Gasteiger partial charge in [0.1, 0.15) is 47.0 Å². The topological polar surface area (TPSA) is 346 Å². The smallest absolute Gasteiger partial charge is 0.303 e. The predicted octanol–water partition coefficient (Wildman–Crippen LogP) is 4.63. The number of anilines is 1. The van der Waals surface area contributed by atoms with E-state index in [4.69, 9.17) is 37.9 Å². The molecule has 2 heterocycles. The van der Waals surface area contributed by atoms with Gasteiger partial charge in [0.25, 0.3) is 0 Å². The first-order valence-corrected chi connectivity index (χ1v) is 31.8. The van der Waals surface area contributed by atoms with Crippen molar-refractivity contribution in [1.82, 2.24) is 0 Å². The Balaban J connectivity index is 1.50. The number of methoxy groups -OCH3 is 2. The number of hydrogen-bond acceptors (Lipinski definition) is 22. The van der Waals surface area contributed by atoms with Gasteiger partial charge >= 0.3 is 5.97 Å². The summed E-state index contributed by atoms with van der Waals surface area (Å²) in [6.07, 6.45) is 6.44. The van der Waals surface area contributed by atoms with Gasteiger partial charge in [-0.1, -0.05) is 12.1 Å². The minimum atomic E-state index is -5.35. The number of hydrogen-bond donors (Lipinski definition) is 1. The number of ether oxygens (including phenoxy) is 8. The summed E-state index contributed by atoms with van der Waals surface area (Å²) < 4.78 is 199. The molecule has 6 rings (SSSR count). The predicted molar refractivity (Wildman–Crippen MR) is 294 cm³/mol. The zero-order valence-electron chi connectivity index (χ0n) is 46.2. The monoisotopic (exact) mass is 1230 g/mol. The van der Waals surface area contributed by atoms with Crippen LogP contribution < -0.4 is 4.90 Å². The van der Waals surface area contributed by atoms with Crippen molar-refractivity contribution in [2.45, 2.75) is 83.3 Å². The van der Waals surface area contributed by atoms with Crippen LogP contribution in [-0.4, -0.2) is 193 Å².